The molecule has 0 saturated heterocycles. The van der Waals surface area contributed by atoms with Crippen molar-refractivity contribution < 1.29 is 19.6 Å². The number of hydrogen-bond acceptors (Lipinski definition) is 4. The minimum Gasteiger partial charge on any atom is -0.478 e. The zero-order valence-electron chi connectivity index (χ0n) is 9.95. The van der Waals surface area contributed by atoms with E-state index in [0.717, 1.165) is 0 Å². The fraction of sp³-hybridized carbons (Fsp3) is 0. The molecule has 0 heterocycles. The number of hydrogen-bond donors (Lipinski definition) is 1. The van der Waals surface area contributed by atoms with Crippen molar-refractivity contribution in [2.75, 3.05) is 0 Å². The normalized spacial score (nSPS) is 10.1. The molecule has 0 saturated carbocycles. The first kappa shape index (κ1) is 14.0. The molecule has 2 aromatic rings. The summed E-state index contributed by atoms with van der Waals surface area (Å²) in [6.45, 7) is 0. The highest BCUT2D eigenvalue weighted by molar-refractivity contribution is 9.10. The Morgan fingerprint density at radius 2 is 2.00 bits per heavy atom. The summed E-state index contributed by atoms with van der Waals surface area (Å²) in [4.78, 5) is 21.2. The third-order valence-electron chi connectivity index (χ3n) is 2.43. The summed E-state index contributed by atoms with van der Waals surface area (Å²) in [6, 6.07) is 10.1. The zero-order chi connectivity index (χ0) is 14.7. The van der Waals surface area contributed by atoms with Gasteiger partial charge in [-0.15, -0.1) is 0 Å². The largest absolute Gasteiger partial charge is 0.478 e. The summed E-state index contributed by atoms with van der Waals surface area (Å²) in [5, 5.41) is 19.8. The van der Waals surface area contributed by atoms with Crippen LogP contribution >= 0.6 is 15.9 Å². The van der Waals surface area contributed by atoms with Crippen molar-refractivity contribution in [1.29, 1.82) is 0 Å². The summed E-state index contributed by atoms with van der Waals surface area (Å²) >= 11 is 3.14. The van der Waals surface area contributed by atoms with Gasteiger partial charge in [0, 0.05) is 10.5 Å². The second kappa shape index (κ2) is 5.70. The third-order valence-corrected chi connectivity index (χ3v) is 2.92. The first-order valence-electron chi connectivity index (χ1n) is 5.42. The van der Waals surface area contributed by atoms with Crippen LogP contribution in [0.2, 0.25) is 0 Å². The number of aromatic carboxylic acids is 1. The molecule has 6 nitrogen and oxygen atoms in total. The molecule has 0 fully saturated rings. The molecule has 1 N–H and O–H groups in total. The zero-order valence-corrected chi connectivity index (χ0v) is 11.5. The van der Waals surface area contributed by atoms with Crippen LogP contribution in [0.3, 0.4) is 0 Å². The second-order valence-electron chi connectivity index (χ2n) is 3.80. The van der Waals surface area contributed by atoms with Crippen LogP contribution in [-0.2, 0) is 0 Å². The Morgan fingerprint density at radius 1 is 1.25 bits per heavy atom. The smallest absolute Gasteiger partial charge is 0.335 e. The quantitative estimate of drug-likeness (QED) is 0.676. The maximum atomic E-state index is 10.9. The summed E-state index contributed by atoms with van der Waals surface area (Å²) in [5.41, 5.74) is -0.164. The van der Waals surface area contributed by atoms with Crippen LogP contribution in [0.25, 0.3) is 0 Å². The molecule has 20 heavy (non-hydrogen) atoms. The van der Waals surface area contributed by atoms with Crippen LogP contribution < -0.4 is 4.74 Å². The highest BCUT2D eigenvalue weighted by atomic mass is 79.9. The Morgan fingerprint density at radius 3 is 2.65 bits per heavy atom. The Balaban J connectivity index is 2.37. The number of ether oxygens (including phenoxy) is 1. The molecule has 0 bridgehead atoms. The van der Waals surface area contributed by atoms with Gasteiger partial charge in [-0.25, -0.2) is 4.79 Å². The molecule has 0 unspecified atom stereocenters. The maximum Gasteiger partial charge on any atom is 0.335 e. The number of carboxylic acids is 1. The highest BCUT2D eigenvalue weighted by Gasteiger charge is 2.16. The number of nitro benzene ring substituents is 1. The molecular weight excluding hydrogens is 330 g/mol. The molecule has 0 spiro atoms. The Hall–Kier alpha value is -2.41. The van der Waals surface area contributed by atoms with E-state index < -0.39 is 10.9 Å². The molecule has 2 rings (SSSR count). The number of carboxylic acid groups (broad SMARTS) is 1. The van der Waals surface area contributed by atoms with E-state index in [1.807, 2.05) is 0 Å². The number of halogens is 1. The topological polar surface area (TPSA) is 89.7 Å². The summed E-state index contributed by atoms with van der Waals surface area (Å²) in [7, 11) is 0. The average Bonchev–Trinajstić information content (AvgIpc) is 2.41. The van der Waals surface area contributed by atoms with Gasteiger partial charge in [0.05, 0.1) is 10.5 Å². The van der Waals surface area contributed by atoms with E-state index in [-0.39, 0.29) is 22.7 Å². The fourth-order valence-electron chi connectivity index (χ4n) is 1.54. The molecule has 102 valence electrons. The maximum absolute atomic E-state index is 10.9. The van der Waals surface area contributed by atoms with Crippen molar-refractivity contribution in [2.24, 2.45) is 0 Å². The highest BCUT2D eigenvalue weighted by Crippen LogP contribution is 2.33. The summed E-state index contributed by atoms with van der Waals surface area (Å²) in [6.07, 6.45) is 0. The van der Waals surface area contributed by atoms with Crippen molar-refractivity contribution in [3.8, 4) is 11.5 Å². The predicted octanol–water partition coefficient (Wildman–Crippen LogP) is 3.85. The monoisotopic (exact) mass is 337 g/mol. The number of benzene rings is 2. The van der Waals surface area contributed by atoms with Gasteiger partial charge in [-0.3, -0.25) is 10.1 Å². The Kier molecular flexibility index (Phi) is 3.99. The molecule has 0 aromatic heterocycles. The lowest BCUT2D eigenvalue weighted by Crippen LogP contribution is -1.97. The summed E-state index contributed by atoms with van der Waals surface area (Å²) in [5.74, 6) is -0.836. The lowest BCUT2D eigenvalue weighted by atomic mass is 10.2. The lowest BCUT2D eigenvalue weighted by Gasteiger charge is -2.07. The Bertz CT molecular complexity index is 686. The predicted molar refractivity (Wildman–Crippen MR) is 74.3 cm³/mol. The van der Waals surface area contributed by atoms with Crippen molar-refractivity contribution in [1.82, 2.24) is 0 Å². The van der Waals surface area contributed by atoms with Crippen LogP contribution in [0.1, 0.15) is 10.4 Å². The molecule has 0 radical (unpaired) electrons. The van der Waals surface area contributed by atoms with E-state index in [0.29, 0.717) is 4.47 Å². The molecule has 7 heteroatoms. The number of rotatable bonds is 4. The average molecular weight is 338 g/mol. The standard InChI is InChI=1S/C13H8BrNO5/c14-9-4-5-12(11(7-9)15(18)19)20-10-3-1-2-8(6-10)13(16)17/h1-7H,(H,16,17). The van der Waals surface area contributed by atoms with Gasteiger partial charge in [-0.2, -0.15) is 0 Å². The SMILES string of the molecule is O=C(O)c1cccc(Oc2ccc(Br)cc2[N+](=O)[O-])c1. The van der Waals surface area contributed by atoms with E-state index in [1.54, 1.807) is 6.07 Å². The molecule has 0 aliphatic rings. The van der Waals surface area contributed by atoms with E-state index in [4.69, 9.17) is 9.84 Å². The van der Waals surface area contributed by atoms with Crippen molar-refractivity contribution in [3.05, 3.63) is 62.6 Å². The van der Waals surface area contributed by atoms with Crippen LogP contribution in [0, 0.1) is 10.1 Å². The molecular formula is C13H8BrNO5. The lowest BCUT2D eigenvalue weighted by molar-refractivity contribution is -0.385. The van der Waals surface area contributed by atoms with Crippen LogP contribution in [-0.4, -0.2) is 16.0 Å². The Labute approximate surface area is 121 Å². The van der Waals surface area contributed by atoms with E-state index in [1.165, 1.54) is 36.4 Å². The number of nitrogens with zero attached hydrogens (tertiary/aromatic N) is 1. The molecule has 2 aromatic carbocycles. The van der Waals surface area contributed by atoms with Crippen LogP contribution in [0.4, 0.5) is 5.69 Å². The van der Waals surface area contributed by atoms with Crippen molar-refractivity contribution in [2.45, 2.75) is 0 Å². The number of carbonyl (C=O) groups is 1. The number of nitro groups is 1. The van der Waals surface area contributed by atoms with Crippen molar-refractivity contribution in [3.63, 3.8) is 0 Å². The third kappa shape index (κ3) is 3.12. The minimum atomic E-state index is -1.10. The summed E-state index contributed by atoms with van der Waals surface area (Å²) < 4.78 is 5.94. The second-order valence-corrected chi connectivity index (χ2v) is 4.72. The first-order chi connectivity index (χ1) is 9.47. The first-order valence-corrected chi connectivity index (χ1v) is 6.22. The molecule has 0 aliphatic carbocycles. The van der Waals surface area contributed by atoms with Gasteiger partial charge in [-0.05, 0) is 30.3 Å². The van der Waals surface area contributed by atoms with Gasteiger partial charge in [-0.1, -0.05) is 22.0 Å². The van der Waals surface area contributed by atoms with Gasteiger partial charge in [0.2, 0.25) is 5.75 Å². The van der Waals surface area contributed by atoms with Crippen molar-refractivity contribution >= 4 is 27.6 Å². The van der Waals surface area contributed by atoms with E-state index in [2.05, 4.69) is 15.9 Å². The molecule has 0 aliphatic heterocycles. The van der Waals surface area contributed by atoms with Crippen LogP contribution in [0.15, 0.2) is 46.9 Å². The van der Waals surface area contributed by atoms with Gasteiger partial charge < -0.3 is 9.84 Å². The van der Waals surface area contributed by atoms with E-state index in [9.17, 15) is 14.9 Å². The van der Waals surface area contributed by atoms with Crippen LogP contribution in [0.5, 0.6) is 11.5 Å². The van der Waals surface area contributed by atoms with Gasteiger partial charge in [0.1, 0.15) is 5.75 Å². The van der Waals surface area contributed by atoms with Gasteiger partial charge in [0.25, 0.3) is 0 Å². The van der Waals surface area contributed by atoms with Gasteiger partial charge >= 0.3 is 11.7 Å². The fourth-order valence-corrected chi connectivity index (χ4v) is 1.89. The molecule has 0 atom stereocenters. The van der Waals surface area contributed by atoms with Gasteiger partial charge in [0.15, 0.2) is 0 Å². The minimum absolute atomic E-state index is 0.0424. The van der Waals surface area contributed by atoms with E-state index >= 15 is 0 Å². The molecule has 0 amide bonds.